The van der Waals surface area contributed by atoms with E-state index >= 15 is 0 Å². The number of ether oxygens (including phenoxy) is 1. The molecule has 2 rings (SSSR count). The van der Waals surface area contributed by atoms with Crippen LogP contribution in [0.1, 0.15) is 11.1 Å². The molecule has 0 atom stereocenters. The molecule has 0 aliphatic rings. The van der Waals surface area contributed by atoms with Gasteiger partial charge in [-0.2, -0.15) is 0 Å². The van der Waals surface area contributed by atoms with Gasteiger partial charge in [0.2, 0.25) is 5.91 Å². The first kappa shape index (κ1) is 14.8. The Morgan fingerprint density at radius 1 is 1.24 bits per heavy atom. The minimum Gasteiger partial charge on any atom is -0.496 e. The lowest BCUT2D eigenvalue weighted by atomic mass is 10.2. The molecular weight excluding hydrogens is 269 g/mol. The maximum atomic E-state index is 13.0. The van der Waals surface area contributed by atoms with Crippen LogP contribution in [0, 0.1) is 5.82 Å². The second kappa shape index (κ2) is 7.24. The van der Waals surface area contributed by atoms with Gasteiger partial charge in [0, 0.05) is 18.2 Å². The summed E-state index contributed by atoms with van der Waals surface area (Å²) in [6.45, 7) is 0.371. The Kier molecular flexibility index (Phi) is 5.10. The van der Waals surface area contributed by atoms with Gasteiger partial charge < -0.3 is 10.1 Å². The Hall–Kier alpha value is -2.62. The van der Waals surface area contributed by atoms with E-state index < -0.39 is 0 Å². The fourth-order valence-electron chi connectivity index (χ4n) is 1.87. The summed E-state index contributed by atoms with van der Waals surface area (Å²) in [5.41, 5.74) is 1.54. The highest BCUT2D eigenvalue weighted by atomic mass is 19.1. The van der Waals surface area contributed by atoms with Gasteiger partial charge >= 0.3 is 0 Å². The number of benzene rings is 2. The second-order valence-corrected chi connectivity index (χ2v) is 4.42. The van der Waals surface area contributed by atoms with E-state index in [1.165, 1.54) is 18.2 Å². The van der Waals surface area contributed by atoms with Crippen LogP contribution in [0.5, 0.6) is 5.75 Å². The molecule has 0 heterocycles. The maximum Gasteiger partial charge on any atom is 0.244 e. The van der Waals surface area contributed by atoms with E-state index in [-0.39, 0.29) is 11.7 Å². The van der Waals surface area contributed by atoms with Crippen LogP contribution in [-0.2, 0) is 11.3 Å². The number of amides is 1. The molecule has 0 bridgehead atoms. The molecule has 0 aliphatic heterocycles. The summed E-state index contributed by atoms with van der Waals surface area (Å²) in [6, 6.07) is 13.5. The first-order valence-electron chi connectivity index (χ1n) is 6.52. The van der Waals surface area contributed by atoms with Crippen LogP contribution in [0.15, 0.2) is 54.6 Å². The maximum absolute atomic E-state index is 13.0. The second-order valence-electron chi connectivity index (χ2n) is 4.42. The summed E-state index contributed by atoms with van der Waals surface area (Å²) in [5, 5.41) is 2.76. The largest absolute Gasteiger partial charge is 0.496 e. The van der Waals surface area contributed by atoms with Crippen molar-refractivity contribution in [2.75, 3.05) is 7.11 Å². The standard InChI is InChI=1S/C17H16FNO2/c1-21-16-8-3-2-6-14(16)12-19-17(20)10-9-13-5-4-7-15(18)11-13/h2-11H,12H2,1H3,(H,19,20). The lowest BCUT2D eigenvalue weighted by Crippen LogP contribution is -2.20. The number of nitrogens with one attached hydrogen (secondary N) is 1. The van der Waals surface area contributed by atoms with Gasteiger partial charge in [-0.3, -0.25) is 4.79 Å². The molecule has 0 spiro atoms. The zero-order valence-electron chi connectivity index (χ0n) is 11.7. The monoisotopic (exact) mass is 285 g/mol. The number of hydrogen-bond acceptors (Lipinski definition) is 2. The molecule has 0 saturated carbocycles. The third kappa shape index (κ3) is 4.45. The van der Waals surface area contributed by atoms with Crippen molar-refractivity contribution in [3.8, 4) is 5.75 Å². The normalized spacial score (nSPS) is 10.6. The van der Waals surface area contributed by atoms with E-state index in [1.54, 1.807) is 25.3 Å². The van der Waals surface area contributed by atoms with Gasteiger partial charge in [0.1, 0.15) is 11.6 Å². The third-order valence-electron chi connectivity index (χ3n) is 2.92. The molecule has 1 N–H and O–H groups in total. The summed E-state index contributed by atoms with van der Waals surface area (Å²) in [7, 11) is 1.59. The van der Waals surface area contributed by atoms with E-state index in [4.69, 9.17) is 4.74 Å². The number of halogens is 1. The van der Waals surface area contributed by atoms with E-state index in [1.807, 2.05) is 24.3 Å². The highest BCUT2D eigenvalue weighted by molar-refractivity contribution is 5.91. The summed E-state index contributed by atoms with van der Waals surface area (Å²) >= 11 is 0. The number of para-hydroxylation sites is 1. The van der Waals surface area contributed by atoms with Crippen LogP contribution in [0.4, 0.5) is 4.39 Å². The molecule has 21 heavy (non-hydrogen) atoms. The Morgan fingerprint density at radius 2 is 2.05 bits per heavy atom. The zero-order valence-corrected chi connectivity index (χ0v) is 11.7. The Labute approximate surface area is 123 Å². The molecule has 0 fully saturated rings. The predicted molar refractivity (Wildman–Crippen MR) is 80.3 cm³/mol. The van der Waals surface area contributed by atoms with Crippen molar-refractivity contribution < 1.29 is 13.9 Å². The zero-order chi connectivity index (χ0) is 15.1. The van der Waals surface area contributed by atoms with Gasteiger partial charge in [-0.05, 0) is 29.8 Å². The minimum atomic E-state index is -0.327. The molecule has 1 amide bonds. The summed E-state index contributed by atoms with van der Waals surface area (Å²) in [4.78, 5) is 11.7. The van der Waals surface area contributed by atoms with Crippen LogP contribution in [-0.4, -0.2) is 13.0 Å². The highest BCUT2D eigenvalue weighted by Crippen LogP contribution is 2.16. The molecule has 0 aromatic heterocycles. The molecular formula is C17H16FNO2. The van der Waals surface area contributed by atoms with E-state index in [9.17, 15) is 9.18 Å². The Morgan fingerprint density at radius 3 is 2.81 bits per heavy atom. The summed E-state index contributed by atoms with van der Waals surface area (Å²) in [6.07, 6.45) is 2.95. The number of carbonyl (C=O) groups is 1. The Bertz CT molecular complexity index is 653. The van der Waals surface area contributed by atoms with Gasteiger partial charge in [-0.25, -0.2) is 4.39 Å². The van der Waals surface area contributed by atoms with Gasteiger partial charge in [0.05, 0.1) is 7.11 Å². The lowest BCUT2D eigenvalue weighted by molar-refractivity contribution is -0.116. The molecule has 2 aromatic rings. The topological polar surface area (TPSA) is 38.3 Å². The SMILES string of the molecule is COc1ccccc1CNC(=O)C=Cc1cccc(F)c1. The fraction of sp³-hybridized carbons (Fsp3) is 0.118. The predicted octanol–water partition coefficient (Wildman–Crippen LogP) is 3.16. The molecule has 0 radical (unpaired) electrons. The Balaban J connectivity index is 1.93. The van der Waals surface area contributed by atoms with E-state index in [2.05, 4.69) is 5.32 Å². The van der Waals surface area contributed by atoms with E-state index in [0.29, 0.717) is 12.1 Å². The summed E-state index contributed by atoms with van der Waals surface area (Å²) in [5.74, 6) is 0.156. The van der Waals surface area contributed by atoms with Crippen LogP contribution in [0.3, 0.4) is 0 Å². The molecule has 3 nitrogen and oxygen atoms in total. The van der Waals surface area contributed by atoms with Crippen LogP contribution < -0.4 is 10.1 Å². The first-order chi connectivity index (χ1) is 10.2. The van der Waals surface area contributed by atoms with Crippen molar-refractivity contribution in [2.24, 2.45) is 0 Å². The van der Waals surface area contributed by atoms with Crippen molar-refractivity contribution in [1.29, 1.82) is 0 Å². The van der Waals surface area contributed by atoms with Gasteiger partial charge in [0.25, 0.3) is 0 Å². The molecule has 0 saturated heterocycles. The van der Waals surface area contributed by atoms with Gasteiger partial charge in [-0.15, -0.1) is 0 Å². The number of carbonyl (C=O) groups excluding carboxylic acids is 1. The molecule has 2 aromatic carbocycles. The molecule has 0 unspecified atom stereocenters. The fourth-order valence-corrected chi connectivity index (χ4v) is 1.87. The average Bonchev–Trinajstić information content (AvgIpc) is 2.51. The van der Waals surface area contributed by atoms with Crippen molar-refractivity contribution in [2.45, 2.75) is 6.54 Å². The lowest BCUT2D eigenvalue weighted by Gasteiger charge is -2.08. The molecule has 4 heteroatoms. The minimum absolute atomic E-state index is 0.245. The first-order valence-corrected chi connectivity index (χ1v) is 6.52. The van der Waals surface area contributed by atoms with Crippen LogP contribution in [0.2, 0.25) is 0 Å². The van der Waals surface area contributed by atoms with Crippen molar-refractivity contribution in [3.63, 3.8) is 0 Å². The quantitative estimate of drug-likeness (QED) is 0.857. The number of methoxy groups -OCH3 is 1. The third-order valence-corrected chi connectivity index (χ3v) is 2.92. The van der Waals surface area contributed by atoms with Crippen LogP contribution >= 0.6 is 0 Å². The van der Waals surface area contributed by atoms with Crippen molar-refractivity contribution in [3.05, 3.63) is 71.6 Å². The highest BCUT2D eigenvalue weighted by Gasteiger charge is 2.02. The van der Waals surface area contributed by atoms with E-state index in [0.717, 1.165) is 11.3 Å². The molecule has 108 valence electrons. The van der Waals surface area contributed by atoms with Crippen molar-refractivity contribution in [1.82, 2.24) is 5.32 Å². The summed E-state index contributed by atoms with van der Waals surface area (Å²) < 4.78 is 18.2. The number of hydrogen-bond donors (Lipinski definition) is 1. The van der Waals surface area contributed by atoms with Gasteiger partial charge in [-0.1, -0.05) is 30.3 Å². The average molecular weight is 285 g/mol. The van der Waals surface area contributed by atoms with Crippen LogP contribution in [0.25, 0.3) is 6.08 Å². The molecule has 0 aliphatic carbocycles. The van der Waals surface area contributed by atoms with Gasteiger partial charge in [0.15, 0.2) is 0 Å². The smallest absolute Gasteiger partial charge is 0.244 e. The number of rotatable bonds is 5. The van der Waals surface area contributed by atoms with Crippen molar-refractivity contribution >= 4 is 12.0 Å².